The van der Waals surface area contributed by atoms with E-state index in [2.05, 4.69) is 13.8 Å². The minimum atomic E-state index is -0.849. The SMILES string of the molecule is C/C=C(\C)C(=O)O[C@H]1O[C@@H]2C[C@@H]3[C@@](C)([C@@H]4C[C@H]5CCO[C@H]5O4)[C@H](C)C[C@H](OC(C)=O)[C@]13[C@@]1(CO1)C2. The molecule has 7 aliphatic rings. The van der Waals surface area contributed by atoms with E-state index in [1.165, 1.54) is 6.92 Å². The highest BCUT2D eigenvalue weighted by atomic mass is 16.7. The van der Waals surface area contributed by atoms with Gasteiger partial charge in [0.05, 0.1) is 25.4 Å². The molecule has 0 amide bonds. The van der Waals surface area contributed by atoms with Gasteiger partial charge in [-0.1, -0.05) is 19.9 Å². The second kappa shape index (κ2) is 8.01. The summed E-state index contributed by atoms with van der Waals surface area (Å²) in [7, 11) is 0. The molecule has 0 aromatic carbocycles. The van der Waals surface area contributed by atoms with E-state index in [9.17, 15) is 9.59 Å². The molecule has 35 heavy (non-hydrogen) atoms. The lowest BCUT2D eigenvalue weighted by Crippen LogP contribution is -2.77. The topological polar surface area (TPSA) is 92.8 Å². The zero-order chi connectivity index (χ0) is 24.8. The van der Waals surface area contributed by atoms with Crippen LogP contribution in [0.5, 0.6) is 0 Å². The van der Waals surface area contributed by atoms with Gasteiger partial charge in [0.15, 0.2) is 6.29 Å². The van der Waals surface area contributed by atoms with Crippen molar-refractivity contribution in [2.24, 2.45) is 28.6 Å². The Hall–Kier alpha value is -1.48. The van der Waals surface area contributed by atoms with Gasteiger partial charge in [-0.3, -0.25) is 4.79 Å². The Morgan fingerprint density at radius 2 is 1.86 bits per heavy atom. The Bertz CT molecular complexity index is 929. The van der Waals surface area contributed by atoms with Crippen LogP contribution in [0.25, 0.3) is 0 Å². The minimum absolute atomic E-state index is 0.0109. The van der Waals surface area contributed by atoms with Crippen LogP contribution in [0.3, 0.4) is 0 Å². The molecule has 7 rings (SSSR count). The van der Waals surface area contributed by atoms with E-state index in [0.29, 0.717) is 24.5 Å². The average Bonchev–Trinajstić information content (AvgIpc) is 3.23. The molecule has 8 heteroatoms. The zero-order valence-corrected chi connectivity index (χ0v) is 21.4. The molecule has 2 saturated carbocycles. The van der Waals surface area contributed by atoms with Crippen molar-refractivity contribution in [3.05, 3.63) is 11.6 Å². The van der Waals surface area contributed by atoms with Crippen molar-refractivity contribution < 1.29 is 38.0 Å². The van der Waals surface area contributed by atoms with Gasteiger partial charge in [0, 0.05) is 30.3 Å². The van der Waals surface area contributed by atoms with Crippen LogP contribution in [0, 0.1) is 28.6 Å². The first-order valence-corrected chi connectivity index (χ1v) is 13.2. The maximum absolute atomic E-state index is 13.0. The first kappa shape index (κ1) is 23.9. The second-order valence-electron chi connectivity index (χ2n) is 11.9. The van der Waals surface area contributed by atoms with Gasteiger partial charge in [-0.15, -0.1) is 0 Å². The van der Waals surface area contributed by atoms with Crippen molar-refractivity contribution in [1.29, 1.82) is 0 Å². The van der Waals surface area contributed by atoms with Crippen LogP contribution in [-0.2, 0) is 38.0 Å². The number of fused-ring (bicyclic) bond motifs is 2. The number of esters is 2. The molecule has 2 aliphatic carbocycles. The summed E-state index contributed by atoms with van der Waals surface area (Å²) in [6.45, 7) is 10.9. The van der Waals surface area contributed by atoms with E-state index in [1.807, 2.05) is 6.92 Å². The Kier molecular flexibility index (Phi) is 5.47. The fourth-order valence-corrected chi connectivity index (χ4v) is 8.38. The van der Waals surface area contributed by atoms with Gasteiger partial charge in [0.2, 0.25) is 6.29 Å². The van der Waals surface area contributed by atoms with Crippen molar-refractivity contribution in [2.45, 2.75) is 103 Å². The molecule has 7 fully saturated rings. The summed E-state index contributed by atoms with van der Waals surface area (Å²) in [4.78, 5) is 25.4. The van der Waals surface area contributed by atoms with Crippen LogP contribution < -0.4 is 0 Å². The van der Waals surface area contributed by atoms with Crippen LogP contribution in [0.15, 0.2) is 11.6 Å². The molecule has 0 aromatic heterocycles. The summed E-state index contributed by atoms with van der Waals surface area (Å²) in [5.74, 6) is -0.0749. The molecule has 5 heterocycles. The minimum Gasteiger partial charge on any atom is -0.462 e. The molecule has 0 aromatic rings. The van der Waals surface area contributed by atoms with Crippen molar-refractivity contribution in [3.63, 3.8) is 0 Å². The normalized spacial score (nSPS) is 52.2. The number of carbonyl (C=O) groups is 2. The molecular weight excluding hydrogens is 452 g/mol. The summed E-state index contributed by atoms with van der Waals surface area (Å²) in [5, 5.41) is 0. The molecule has 5 saturated heterocycles. The van der Waals surface area contributed by atoms with Gasteiger partial charge < -0.3 is 28.4 Å². The molecule has 2 spiro atoms. The van der Waals surface area contributed by atoms with E-state index < -0.39 is 29.4 Å². The average molecular weight is 491 g/mol. The Morgan fingerprint density at radius 1 is 1.09 bits per heavy atom. The van der Waals surface area contributed by atoms with Crippen LogP contribution in [-0.4, -0.2) is 61.6 Å². The monoisotopic (exact) mass is 490 g/mol. The highest BCUT2D eigenvalue weighted by molar-refractivity contribution is 5.87. The van der Waals surface area contributed by atoms with Crippen molar-refractivity contribution in [1.82, 2.24) is 0 Å². The Balaban J connectivity index is 1.45. The van der Waals surface area contributed by atoms with E-state index in [1.54, 1.807) is 13.0 Å². The van der Waals surface area contributed by atoms with Gasteiger partial charge >= 0.3 is 11.9 Å². The summed E-state index contributed by atoms with van der Waals surface area (Å²) >= 11 is 0. The predicted molar refractivity (Wildman–Crippen MR) is 123 cm³/mol. The second-order valence-corrected chi connectivity index (χ2v) is 11.9. The van der Waals surface area contributed by atoms with E-state index in [4.69, 9.17) is 28.4 Å². The van der Waals surface area contributed by atoms with Crippen LogP contribution in [0.4, 0.5) is 0 Å². The van der Waals surface area contributed by atoms with Gasteiger partial charge in [-0.05, 0) is 51.4 Å². The lowest BCUT2D eigenvalue weighted by Gasteiger charge is -2.69. The molecular formula is C27H38O8. The highest BCUT2D eigenvalue weighted by Gasteiger charge is 2.83. The van der Waals surface area contributed by atoms with Gasteiger partial charge in [0.25, 0.3) is 0 Å². The Morgan fingerprint density at radius 3 is 2.51 bits per heavy atom. The third-order valence-electron chi connectivity index (χ3n) is 10.5. The molecule has 2 bridgehead atoms. The smallest absolute Gasteiger partial charge is 0.335 e. The Labute approximate surface area is 207 Å². The maximum atomic E-state index is 13.0. The number of rotatable bonds is 4. The summed E-state index contributed by atoms with van der Waals surface area (Å²) < 4.78 is 37.4. The fraction of sp³-hybridized carbons (Fsp3) is 0.852. The van der Waals surface area contributed by atoms with Crippen molar-refractivity contribution >= 4 is 11.9 Å². The molecule has 11 atom stereocenters. The number of hydrogen-bond donors (Lipinski definition) is 0. The zero-order valence-electron chi connectivity index (χ0n) is 21.4. The van der Waals surface area contributed by atoms with Gasteiger partial charge in [-0.25, -0.2) is 4.79 Å². The number of carbonyl (C=O) groups excluding carboxylic acids is 2. The summed E-state index contributed by atoms with van der Waals surface area (Å²) in [5.41, 5.74) is -1.04. The third kappa shape index (κ3) is 3.19. The molecule has 0 N–H and O–H groups in total. The first-order chi connectivity index (χ1) is 16.7. The lowest BCUT2D eigenvalue weighted by molar-refractivity contribution is -0.375. The largest absolute Gasteiger partial charge is 0.462 e. The maximum Gasteiger partial charge on any atom is 0.335 e. The van der Waals surface area contributed by atoms with Crippen LogP contribution >= 0.6 is 0 Å². The molecule has 5 aliphatic heterocycles. The lowest BCUT2D eigenvalue weighted by atomic mass is 9.40. The first-order valence-electron chi connectivity index (χ1n) is 13.2. The fourth-order valence-electron chi connectivity index (χ4n) is 8.38. The van der Waals surface area contributed by atoms with E-state index >= 15 is 0 Å². The van der Waals surface area contributed by atoms with Crippen molar-refractivity contribution in [3.8, 4) is 0 Å². The van der Waals surface area contributed by atoms with Crippen LogP contribution in [0.1, 0.15) is 66.7 Å². The summed E-state index contributed by atoms with van der Waals surface area (Å²) in [6.07, 6.45) is 4.35. The standard InChI is InChI=1S/C27H38O8/c1-6-14(2)22(29)35-24-27-19(11-18(33-24)12-26(27)13-31-26)25(5,15(3)9-21(27)32-16(4)28)20-10-17-7-8-30-23(17)34-20/h6,15,17-21,23-24H,7-13H2,1-5H3/b14-6+/t15-,17-,18-,19-,20+,21+,23+,24-,25+,26+,27+/m1/s1. The molecule has 0 radical (unpaired) electrons. The van der Waals surface area contributed by atoms with E-state index in [0.717, 1.165) is 32.3 Å². The van der Waals surface area contributed by atoms with Crippen LogP contribution in [0.2, 0.25) is 0 Å². The highest BCUT2D eigenvalue weighted by Crippen LogP contribution is 2.74. The summed E-state index contributed by atoms with van der Waals surface area (Å²) in [6, 6.07) is 0. The van der Waals surface area contributed by atoms with Gasteiger partial charge in [-0.2, -0.15) is 0 Å². The van der Waals surface area contributed by atoms with Gasteiger partial charge in [0.1, 0.15) is 17.1 Å². The predicted octanol–water partition coefficient (Wildman–Crippen LogP) is 3.52. The molecule has 0 unspecified atom stereocenters. The number of allylic oxidation sites excluding steroid dienone is 1. The quantitative estimate of drug-likeness (QED) is 0.336. The van der Waals surface area contributed by atoms with Crippen molar-refractivity contribution in [2.75, 3.05) is 13.2 Å². The van der Waals surface area contributed by atoms with E-state index in [-0.39, 0.29) is 41.7 Å². The molecule has 8 nitrogen and oxygen atoms in total. The molecule has 194 valence electrons. The number of ether oxygens (including phenoxy) is 6. The number of epoxide rings is 1. The number of hydrogen-bond acceptors (Lipinski definition) is 8. The third-order valence-corrected chi connectivity index (χ3v) is 10.5.